The van der Waals surface area contributed by atoms with Crippen molar-refractivity contribution in [3.05, 3.63) is 0 Å². The van der Waals surface area contributed by atoms with Crippen molar-refractivity contribution >= 4 is 18.3 Å². The third-order valence-electron chi connectivity index (χ3n) is 2.84. The van der Waals surface area contributed by atoms with Crippen molar-refractivity contribution in [3.63, 3.8) is 0 Å². The lowest BCUT2D eigenvalue weighted by Crippen LogP contribution is -2.34. The molecule has 0 aromatic rings. The smallest absolute Gasteiger partial charge is 0.225 e. The molecule has 1 aliphatic rings. The summed E-state index contributed by atoms with van der Waals surface area (Å²) in [5.41, 5.74) is 5.60. The van der Waals surface area contributed by atoms with Crippen molar-refractivity contribution in [2.24, 2.45) is 11.7 Å². The molecule has 1 fully saturated rings. The van der Waals surface area contributed by atoms with E-state index in [0.717, 1.165) is 13.0 Å². The second-order valence-electron chi connectivity index (χ2n) is 3.98. The monoisotopic (exact) mass is 236 g/mol. The summed E-state index contributed by atoms with van der Waals surface area (Å²) in [4.78, 5) is 13.6. The van der Waals surface area contributed by atoms with Crippen molar-refractivity contribution in [1.82, 2.24) is 4.90 Å². The normalized spacial score (nSPS) is 25.1. The quantitative estimate of drug-likeness (QED) is 0.780. The van der Waals surface area contributed by atoms with Gasteiger partial charge in [0.1, 0.15) is 0 Å². The minimum Gasteiger partial charge on any atom is -0.384 e. The molecule has 2 atom stereocenters. The molecular formula is C10H21ClN2O2. The molecule has 1 amide bonds. The molecule has 2 unspecified atom stereocenters. The fourth-order valence-electron chi connectivity index (χ4n) is 1.99. The summed E-state index contributed by atoms with van der Waals surface area (Å²) < 4.78 is 4.89. The van der Waals surface area contributed by atoms with E-state index >= 15 is 0 Å². The largest absolute Gasteiger partial charge is 0.384 e. The van der Waals surface area contributed by atoms with Gasteiger partial charge >= 0.3 is 0 Å². The SMILES string of the molecule is COCCC(=O)N1CC(CN)CC1C.Cl. The molecule has 1 saturated heterocycles. The molecule has 0 aromatic heterocycles. The van der Waals surface area contributed by atoms with Crippen molar-refractivity contribution in [2.45, 2.75) is 25.8 Å². The molecule has 2 N–H and O–H groups in total. The molecule has 1 aliphatic heterocycles. The zero-order chi connectivity index (χ0) is 10.6. The average Bonchev–Trinajstić information content (AvgIpc) is 2.56. The van der Waals surface area contributed by atoms with E-state index in [0.29, 0.717) is 31.5 Å². The second kappa shape index (κ2) is 7.04. The van der Waals surface area contributed by atoms with Crippen molar-refractivity contribution in [3.8, 4) is 0 Å². The van der Waals surface area contributed by atoms with E-state index < -0.39 is 0 Å². The highest BCUT2D eigenvalue weighted by Gasteiger charge is 2.30. The van der Waals surface area contributed by atoms with Gasteiger partial charge in [0.05, 0.1) is 13.0 Å². The number of carbonyl (C=O) groups excluding carboxylic acids is 1. The number of ether oxygens (including phenoxy) is 1. The van der Waals surface area contributed by atoms with Crippen LogP contribution in [0, 0.1) is 5.92 Å². The molecule has 0 spiro atoms. The fraction of sp³-hybridized carbons (Fsp3) is 0.900. The Bertz CT molecular complexity index is 202. The van der Waals surface area contributed by atoms with Crippen LogP contribution in [0.25, 0.3) is 0 Å². The minimum absolute atomic E-state index is 0. The van der Waals surface area contributed by atoms with Gasteiger partial charge in [-0.15, -0.1) is 12.4 Å². The second-order valence-corrected chi connectivity index (χ2v) is 3.98. The standard InChI is InChI=1S/C10H20N2O2.ClH/c1-8-5-9(6-11)7-12(8)10(13)3-4-14-2;/h8-9H,3-7,11H2,1-2H3;1H. The Morgan fingerprint density at radius 1 is 1.60 bits per heavy atom. The van der Waals surface area contributed by atoms with Crippen LogP contribution >= 0.6 is 12.4 Å². The van der Waals surface area contributed by atoms with Crippen LogP contribution in [0.3, 0.4) is 0 Å². The van der Waals surface area contributed by atoms with Crippen LogP contribution in [0.4, 0.5) is 0 Å². The van der Waals surface area contributed by atoms with Crippen LogP contribution in [-0.4, -0.2) is 43.7 Å². The van der Waals surface area contributed by atoms with Gasteiger partial charge in [0.15, 0.2) is 0 Å². The van der Waals surface area contributed by atoms with Gasteiger partial charge in [-0.25, -0.2) is 0 Å². The van der Waals surface area contributed by atoms with E-state index in [1.165, 1.54) is 0 Å². The van der Waals surface area contributed by atoms with Gasteiger partial charge in [0, 0.05) is 19.7 Å². The summed E-state index contributed by atoms with van der Waals surface area (Å²) in [5, 5.41) is 0. The average molecular weight is 237 g/mol. The molecule has 5 heteroatoms. The highest BCUT2D eigenvalue weighted by molar-refractivity contribution is 5.85. The number of hydrogen-bond acceptors (Lipinski definition) is 3. The summed E-state index contributed by atoms with van der Waals surface area (Å²) in [6, 6.07) is 0.341. The molecule has 4 nitrogen and oxygen atoms in total. The number of carbonyl (C=O) groups is 1. The zero-order valence-electron chi connectivity index (χ0n) is 9.44. The number of halogens is 1. The van der Waals surface area contributed by atoms with Crippen LogP contribution in [0.5, 0.6) is 0 Å². The van der Waals surface area contributed by atoms with Crippen LogP contribution < -0.4 is 5.73 Å². The third-order valence-corrected chi connectivity index (χ3v) is 2.84. The molecule has 0 saturated carbocycles. The summed E-state index contributed by atoms with van der Waals surface area (Å²) in [6.45, 7) is 4.09. The maximum absolute atomic E-state index is 11.7. The number of hydrogen-bond donors (Lipinski definition) is 1. The van der Waals surface area contributed by atoms with Crippen LogP contribution in [-0.2, 0) is 9.53 Å². The number of nitrogens with two attached hydrogens (primary N) is 1. The van der Waals surface area contributed by atoms with Gasteiger partial charge in [-0.2, -0.15) is 0 Å². The number of likely N-dealkylation sites (tertiary alicyclic amines) is 1. The van der Waals surface area contributed by atoms with E-state index in [9.17, 15) is 4.79 Å². The van der Waals surface area contributed by atoms with Crippen molar-refractivity contribution in [2.75, 3.05) is 26.8 Å². The van der Waals surface area contributed by atoms with Gasteiger partial charge in [0.2, 0.25) is 5.91 Å². The topological polar surface area (TPSA) is 55.6 Å². The number of nitrogens with zero attached hydrogens (tertiary/aromatic N) is 1. The Hall–Kier alpha value is -0.320. The van der Waals surface area contributed by atoms with E-state index in [-0.39, 0.29) is 18.3 Å². The molecule has 1 heterocycles. The lowest BCUT2D eigenvalue weighted by Gasteiger charge is -2.21. The maximum Gasteiger partial charge on any atom is 0.225 e. The van der Waals surface area contributed by atoms with E-state index in [2.05, 4.69) is 6.92 Å². The van der Waals surface area contributed by atoms with Gasteiger partial charge in [-0.05, 0) is 25.8 Å². The number of methoxy groups -OCH3 is 1. The summed E-state index contributed by atoms with van der Waals surface area (Å²) in [6.07, 6.45) is 1.52. The predicted octanol–water partition coefficient (Wildman–Crippen LogP) is 0.640. The summed E-state index contributed by atoms with van der Waals surface area (Å²) >= 11 is 0. The van der Waals surface area contributed by atoms with E-state index in [4.69, 9.17) is 10.5 Å². The van der Waals surface area contributed by atoms with Crippen molar-refractivity contribution in [1.29, 1.82) is 0 Å². The Kier molecular flexibility index (Phi) is 6.89. The van der Waals surface area contributed by atoms with Gasteiger partial charge in [0.25, 0.3) is 0 Å². The summed E-state index contributed by atoms with van der Waals surface area (Å²) in [5.74, 6) is 0.673. The van der Waals surface area contributed by atoms with E-state index in [1.54, 1.807) is 7.11 Å². The predicted molar refractivity (Wildman–Crippen MR) is 62.1 cm³/mol. The van der Waals surface area contributed by atoms with Gasteiger partial charge in [-0.1, -0.05) is 0 Å². The first kappa shape index (κ1) is 14.7. The molecular weight excluding hydrogens is 216 g/mol. The fourth-order valence-corrected chi connectivity index (χ4v) is 1.99. The first-order valence-corrected chi connectivity index (χ1v) is 5.17. The van der Waals surface area contributed by atoms with Crippen LogP contribution in [0.2, 0.25) is 0 Å². The van der Waals surface area contributed by atoms with Gasteiger partial charge in [-0.3, -0.25) is 4.79 Å². The molecule has 0 aliphatic carbocycles. The Balaban J connectivity index is 0.00000196. The molecule has 0 aromatic carbocycles. The zero-order valence-corrected chi connectivity index (χ0v) is 10.3. The molecule has 1 rings (SSSR count). The van der Waals surface area contributed by atoms with Gasteiger partial charge < -0.3 is 15.4 Å². The molecule has 90 valence electrons. The van der Waals surface area contributed by atoms with Crippen LogP contribution in [0.15, 0.2) is 0 Å². The highest BCUT2D eigenvalue weighted by Crippen LogP contribution is 2.22. The Labute approximate surface area is 97.5 Å². The Morgan fingerprint density at radius 3 is 2.73 bits per heavy atom. The van der Waals surface area contributed by atoms with E-state index in [1.807, 2.05) is 4.90 Å². The summed E-state index contributed by atoms with van der Waals surface area (Å²) in [7, 11) is 1.61. The lowest BCUT2D eigenvalue weighted by molar-refractivity contribution is -0.132. The molecule has 15 heavy (non-hydrogen) atoms. The first-order valence-electron chi connectivity index (χ1n) is 5.17. The Morgan fingerprint density at radius 2 is 2.27 bits per heavy atom. The van der Waals surface area contributed by atoms with Crippen molar-refractivity contribution < 1.29 is 9.53 Å². The molecule has 0 bridgehead atoms. The molecule has 0 radical (unpaired) electrons. The number of amides is 1. The first-order chi connectivity index (χ1) is 6.69. The van der Waals surface area contributed by atoms with Crippen LogP contribution in [0.1, 0.15) is 19.8 Å². The third kappa shape index (κ3) is 3.97. The maximum atomic E-state index is 11.7. The highest BCUT2D eigenvalue weighted by atomic mass is 35.5. The number of rotatable bonds is 4. The minimum atomic E-state index is 0. The lowest BCUT2D eigenvalue weighted by atomic mass is 10.1.